The Morgan fingerprint density at radius 3 is 2.92 bits per heavy atom. The second-order valence-electron chi connectivity index (χ2n) is 5.67. The molecule has 12 nitrogen and oxygen atoms in total. The number of nitrogen functional groups attached to an aromatic ring is 1. The molecule has 0 saturated carbocycles. The number of nitrogens with two attached hydrogens (primary N) is 1. The molecule has 142 valence electrons. The summed E-state index contributed by atoms with van der Waals surface area (Å²) < 4.78 is 29.1. The van der Waals surface area contributed by atoms with Crippen molar-refractivity contribution in [2.45, 2.75) is 37.9 Å². The summed E-state index contributed by atoms with van der Waals surface area (Å²) in [6, 6.07) is 0. The minimum atomic E-state index is -2.94. The van der Waals surface area contributed by atoms with Gasteiger partial charge in [0.2, 0.25) is 5.95 Å². The van der Waals surface area contributed by atoms with Crippen LogP contribution in [0.5, 0.6) is 0 Å². The summed E-state index contributed by atoms with van der Waals surface area (Å²) in [6.45, 7) is 1.76. The van der Waals surface area contributed by atoms with Gasteiger partial charge in [-0.05, 0) is 6.42 Å². The summed E-state index contributed by atoms with van der Waals surface area (Å²) in [5, 5.41) is 9.56. The van der Waals surface area contributed by atoms with E-state index < -0.39 is 45.0 Å². The zero-order valence-corrected chi connectivity index (χ0v) is 14.7. The lowest BCUT2D eigenvalue weighted by molar-refractivity contribution is -0.0698. The maximum absolute atomic E-state index is 12.0. The van der Waals surface area contributed by atoms with Gasteiger partial charge in [-0.25, -0.2) is 4.98 Å². The smallest absolute Gasteiger partial charge is 0.394 e. The summed E-state index contributed by atoms with van der Waals surface area (Å²) in [5.41, 5.74) is 5.29. The van der Waals surface area contributed by atoms with Crippen LogP contribution < -0.4 is 11.3 Å². The normalized spacial score (nSPS) is 26.5. The molecule has 1 saturated heterocycles. The maximum Gasteiger partial charge on any atom is 0.695 e. The average Bonchev–Trinajstić information content (AvgIpc) is 3.14. The van der Waals surface area contributed by atoms with E-state index in [2.05, 4.69) is 15.0 Å². The van der Waals surface area contributed by atoms with E-state index in [4.69, 9.17) is 24.6 Å². The highest BCUT2D eigenvalue weighted by Gasteiger charge is 2.51. The van der Waals surface area contributed by atoms with E-state index in [1.54, 1.807) is 0 Å². The summed E-state index contributed by atoms with van der Waals surface area (Å²) in [6.07, 6.45) is -1.63. The van der Waals surface area contributed by atoms with Crippen molar-refractivity contribution in [1.29, 1.82) is 0 Å². The second kappa shape index (κ2) is 7.74. The first-order valence-corrected chi connectivity index (χ1v) is 9.02. The van der Waals surface area contributed by atoms with Gasteiger partial charge < -0.3 is 20.3 Å². The molecular formula is C13H19N5O7P+. The van der Waals surface area contributed by atoms with E-state index in [9.17, 15) is 14.5 Å². The SMILES string of the molecule is CCCOC1C(O[P+](=O)O)[C@@H](CO)O[C@H]1n1cnc2c(=O)[nH]c(N)nc21. The third kappa shape index (κ3) is 3.47. The lowest BCUT2D eigenvalue weighted by Crippen LogP contribution is -2.36. The highest BCUT2D eigenvalue weighted by atomic mass is 31.1. The zero-order valence-electron chi connectivity index (χ0n) is 13.8. The van der Waals surface area contributed by atoms with E-state index in [1.165, 1.54) is 10.9 Å². The number of H-pyrrole nitrogens is 1. The van der Waals surface area contributed by atoms with Crippen molar-refractivity contribution in [3.05, 3.63) is 16.7 Å². The summed E-state index contributed by atoms with van der Waals surface area (Å²) in [4.78, 5) is 31.5. The zero-order chi connectivity index (χ0) is 18.8. The van der Waals surface area contributed by atoms with Gasteiger partial charge in [-0.2, -0.15) is 4.98 Å². The predicted octanol–water partition coefficient (Wildman–Crippen LogP) is -0.578. The molecule has 1 aliphatic rings. The standard InChI is InChI=1S/C13H18N5O7P/c1-2-3-23-9-8(25-26(21)22)6(4-19)24-12(9)18-5-15-7-10(18)16-13(14)17-11(7)20/h5-6,8-9,12,19H,2-4H2,1H3,(H3-,14,16,17,20,21,22)/p+1/t6-,8?,9?,12-/m1/s1. The minimum Gasteiger partial charge on any atom is -0.394 e. The van der Waals surface area contributed by atoms with E-state index in [0.717, 1.165) is 0 Å². The van der Waals surface area contributed by atoms with Crippen LogP contribution >= 0.6 is 8.25 Å². The lowest BCUT2D eigenvalue weighted by Gasteiger charge is -2.21. The van der Waals surface area contributed by atoms with Gasteiger partial charge in [-0.1, -0.05) is 6.92 Å². The Hall–Kier alpha value is -1.95. The fourth-order valence-electron chi connectivity index (χ4n) is 2.87. The average molecular weight is 388 g/mol. The molecule has 3 heterocycles. The van der Waals surface area contributed by atoms with Crippen LogP contribution in [0.2, 0.25) is 0 Å². The number of nitrogens with zero attached hydrogens (tertiary/aromatic N) is 3. The maximum atomic E-state index is 12.0. The van der Waals surface area contributed by atoms with Crippen LogP contribution in [0.4, 0.5) is 5.95 Å². The fraction of sp³-hybridized carbons (Fsp3) is 0.615. The molecule has 0 aliphatic carbocycles. The van der Waals surface area contributed by atoms with E-state index in [0.29, 0.717) is 13.0 Å². The Bertz CT molecular complexity index is 855. The van der Waals surface area contributed by atoms with Crippen LogP contribution in [0.3, 0.4) is 0 Å². The number of aromatic nitrogens is 4. The molecule has 3 unspecified atom stereocenters. The van der Waals surface area contributed by atoms with Gasteiger partial charge in [0.25, 0.3) is 5.56 Å². The van der Waals surface area contributed by atoms with Crippen LogP contribution in [0.1, 0.15) is 19.6 Å². The van der Waals surface area contributed by atoms with Crippen molar-refractivity contribution in [3.8, 4) is 0 Å². The Morgan fingerprint density at radius 1 is 1.50 bits per heavy atom. The third-order valence-corrected chi connectivity index (χ3v) is 4.34. The third-order valence-electron chi connectivity index (χ3n) is 3.92. The van der Waals surface area contributed by atoms with Crippen molar-refractivity contribution in [2.75, 3.05) is 18.9 Å². The van der Waals surface area contributed by atoms with Crippen molar-refractivity contribution >= 4 is 25.4 Å². The number of fused-ring (bicyclic) bond motifs is 1. The first-order valence-electron chi connectivity index (χ1n) is 7.89. The number of hydrogen-bond acceptors (Lipinski definition) is 9. The number of aromatic amines is 1. The molecule has 0 bridgehead atoms. The number of aliphatic hydroxyl groups is 1. The lowest BCUT2D eigenvalue weighted by atomic mass is 10.1. The highest BCUT2D eigenvalue weighted by Crippen LogP contribution is 2.38. The minimum absolute atomic E-state index is 0.0511. The van der Waals surface area contributed by atoms with Crippen LogP contribution in [-0.2, 0) is 18.6 Å². The molecule has 1 aliphatic heterocycles. The van der Waals surface area contributed by atoms with Crippen LogP contribution in [0.15, 0.2) is 11.1 Å². The molecule has 3 rings (SSSR count). The molecule has 5 N–H and O–H groups in total. The second-order valence-corrected chi connectivity index (χ2v) is 6.35. The summed E-state index contributed by atoms with van der Waals surface area (Å²) in [7, 11) is -2.94. The number of imidazole rings is 1. The van der Waals surface area contributed by atoms with Gasteiger partial charge in [0.15, 0.2) is 23.5 Å². The molecule has 2 aromatic heterocycles. The molecule has 2 aromatic rings. The Labute approximate surface area is 147 Å². The molecule has 0 spiro atoms. The van der Waals surface area contributed by atoms with Gasteiger partial charge in [0.05, 0.1) is 12.9 Å². The Balaban J connectivity index is 2.04. The van der Waals surface area contributed by atoms with Gasteiger partial charge in [0, 0.05) is 11.2 Å². The predicted molar refractivity (Wildman–Crippen MR) is 88.3 cm³/mol. The Morgan fingerprint density at radius 2 is 2.27 bits per heavy atom. The van der Waals surface area contributed by atoms with Gasteiger partial charge >= 0.3 is 8.25 Å². The fourth-order valence-corrected chi connectivity index (χ4v) is 3.33. The van der Waals surface area contributed by atoms with Crippen LogP contribution in [-0.4, -0.2) is 61.0 Å². The number of rotatable bonds is 7. The molecule has 0 radical (unpaired) electrons. The highest BCUT2D eigenvalue weighted by molar-refractivity contribution is 7.32. The Kier molecular flexibility index (Phi) is 5.61. The van der Waals surface area contributed by atoms with Crippen molar-refractivity contribution < 1.29 is 28.6 Å². The molecule has 26 heavy (non-hydrogen) atoms. The van der Waals surface area contributed by atoms with E-state index in [1.807, 2.05) is 6.92 Å². The summed E-state index contributed by atoms with van der Waals surface area (Å²) >= 11 is 0. The summed E-state index contributed by atoms with van der Waals surface area (Å²) in [5.74, 6) is -0.0989. The van der Waals surface area contributed by atoms with Gasteiger partial charge in [-0.3, -0.25) is 14.3 Å². The first kappa shape index (κ1) is 18.8. The number of ether oxygens (including phenoxy) is 2. The number of hydrogen-bond donors (Lipinski definition) is 4. The molecule has 13 heteroatoms. The van der Waals surface area contributed by atoms with Crippen molar-refractivity contribution in [3.63, 3.8) is 0 Å². The van der Waals surface area contributed by atoms with Crippen LogP contribution in [0.25, 0.3) is 11.2 Å². The van der Waals surface area contributed by atoms with E-state index >= 15 is 0 Å². The first-order chi connectivity index (χ1) is 12.5. The molecule has 5 atom stereocenters. The molecule has 0 amide bonds. The van der Waals surface area contributed by atoms with Crippen molar-refractivity contribution in [1.82, 2.24) is 19.5 Å². The number of aliphatic hydroxyl groups excluding tert-OH is 1. The molecular weight excluding hydrogens is 369 g/mol. The molecule has 1 fully saturated rings. The number of nitrogens with one attached hydrogen (secondary N) is 1. The van der Waals surface area contributed by atoms with Crippen LogP contribution in [0, 0.1) is 0 Å². The van der Waals surface area contributed by atoms with Crippen molar-refractivity contribution in [2.24, 2.45) is 0 Å². The van der Waals surface area contributed by atoms with Gasteiger partial charge in [0.1, 0.15) is 12.2 Å². The molecule has 0 aromatic carbocycles. The largest absolute Gasteiger partial charge is 0.695 e. The topological polar surface area (TPSA) is 175 Å². The number of anilines is 1. The van der Waals surface area contributed by atoms with Gasteiger partial charge in [-0.15, -0.1) is 9.42 Å². The monoisotopic (exact) mass is 388 g/mol. The quantitative estimate of drug-likeness (QED) is 0.449. The van der Waals surface area contributed by atoms with E-state index in [-0.39, 0.29) is 17.1 Å².